The molecule has 6 heteroatoms. The standard InChI is InChI=1S/C13H19N3O2S/c1-12(2,3)18-11(17)16-13(4-5-13)9-6-8(7-19-9)10(14)15/h6-7H,4-5H2,1-3H3,(H3,14,15)(H,16,17). The van der Waals surface area contributed by atoms with Crippen molar-refractivity contribution in [3.05, 3.63) is 21.9 Å². The lowest BCUT2D eigenvalue weighted by molar-refractivity contribution is 0.0496. The van der Waals surface area contributed by atoms with Crippen molar-refractivity contribution >= 4 is 23.3 Å². The van der Waals surface area contributed by atoms with Crippen LogP contribution in [0.5, 0.6) is 0 Å². The molecule has 4 N–H and O–H groups in total. The van der Waals surface area contributed by atoms with E-state index in [0.29, 0.717) is 5.56 Å². The molecule has 1 aromatic heterocycles. The zero-order valence-electron chi connectivity index (χ0n) is 11.4. The number of hydrogen-bond acceptors (Lipinski definition) is 4. The van der Waals surface area contributed by atoms with E-state index in [4.69, 9.17) is 15.9 Å². The fourth-order valence-corrected chi connectivity index (χ4v) is 2.91. The van der Waals surface area contributed by atoms with Gasteiger partial charge in [0.05, 0.1) is 5.54 Å². The molecule has 0 saturated heterocycles. The third-order valence-corrected chi connectivity index (χ3v) is 4.01. The van der Waals surface area contributed by atoms with Gasteiger partial charge in [-0.15, -0.1) is 11.3 Å². The lowest BCUT2D eigenvalue weighted by Gasteiger charge is -2.22. The Morgan fingerprint density at radius 3 is 2.58 bits per heavy atom. The van der Waals surface area contributed by atoms with Crippen LogP contribution in [0.25, 0.3) is 0 Å². The zero-order chi connectivity index (χ0) is 14.3. The van der Waals surface area contributed by atoms with Crippen molar-refractivity contribution in [3.63, 3.8) is 0 Å². The number of carbonyl (C=O) groups excluding carboxylic acids is 1. The highest BCUT2D eigenvalue weighted by Gasteiger charge is 2.47. The van der Waals surface area contributed by atoms with Gasteiger partial charge in [-0.05, 0) is 39.7 Å². The van der Waals surface area contributed by atoms with E-state index < -0.39 is 11.7 Å². The summed E-state index contributed by atoms with van der Waals surface area (Å²) in [6.07, 6.45) is 1.39. The molecule has 0 unspecified atom stereocenters. The van der Waals surface area contributed by atoms with Crippen LogP contribution in [0.3, 0.4) is 0 Å². The number of amides is 1. The molecule has 5 nitrogen and oxygen atoms in total. The average molecular weight is 281 g/mol. The molecule has 104 valence electrons. The maximum Gasteiger partial charge on any atom is 0.408 e. The number of nitrogen functional groups attached to an aromatic ring is 1. The Labute approximate surface area is 116 Å². The molecule has 1 amide bonds. The van der Waals surface area contributed by atoms with Gasteiger partial charge in [0.15, 0.2) is 0 Å². The van der Waals surface area contributed by atoms with Crippen molar-refractivity contribution in [3.8, 4) is 0 Å². The lowest BCUT2D eigenvalue weighted by Crippen LogP contribution is -2.38. The van der Waals surface area contributed by atoms with E-state index in [1.165, 1.54) is 11.3 Å². The average Bonchev–Trinajstić information content (AvgIpc) is 2.84. The van der Waals surface area contributed by atoms with Crippen molar-refractivity contribution in [2.75, 3.05) is 0 Å². The van der Waals surface area contributed by atoms with Crippen molar-refractivity contribution in [2.45, 2.75) is 44.8 Å². The molecule has 0 radical (unpaired) electrons. The smallest absolute Gasteiger partial charge is 0.408 e. The predicted molar refractivity (Wildman–Crippen MR) is 75.6 cm³/mol. The maximum atomic E-state index is 11.8. The molecular formula is C13H19N3O2S. The van der Waals surface area contributed by atoms with E-state index in [-0.39, 0.29) is 11.4 Å². The summed E-state index contributed by atoms with van der Waals surface area (Å²) in [4.78, 5) is 12.9. The van der Waals surface area contributed by atoms with Crippen LogP contribution >= 0.6 is 11.3 Å². The monoisotopic (exact) mass is 281 g/mol. The topological polar surface area (TPSA) is 88.2 Å². The molecule has 0 aliphatic heterocycles. The van der Waals surface area contributed by atoms with Crippen molar-refractivity contribution in [2.24, 2.45) is 5.73 Å². The van der Waals surface area contributed by atoms with E-state index in [1.807, 2.05) is 32.2 Å². The molecule has 1 fully saturated rings. The number of rotatable bonds is 3. The number of carbonyl (C=O) groups is 1. The van der Waals surface area contributed by atoms with Crippen molar-refractivity contribution < 1.29 is 9.53 Å². The number of nitrogens with one attached hydrogen (secondary N) is 2. The Bertz CT molecular complexity index is 512. The van der Waals surface area contributed by atoms with Gasteiger partial charge in [0.2, 0.25) is 0 Å². The van der Waals surface area contributed by atoms with Gasteiger partial charge in [0.1, 0.15) is 11.4 Å². The largest absolute Gasteiger partial charge is 0.444 e. The van der Waals surface area contributed by atoms with Crippen LogP contribution in [0.1, 0.15) is 44.1 Å². The van der Waals surface area contributed by atoms with Gasteiger partial charge in [0, 0.05) is 15.8 Å². The first-order valence-electron chi connectivity index (χ1n) is 6.16. The van der Waals surface area contributed by atoms with Gasteiger partial charge in [-0.3, -0.25) is 5.41 Å². The summed E-state index contributed by atoms with van der Waals surface area (Å²) in [6, 6.07) is 1.87. The first-order chi connectivity index (χ1) is 8.72. The molecule has 0 spiro atoms. The van der Waals surface area contributed by atoms with Crippen LogP contribution in [0.2, 0.25) is 0 Å². The van der Waals surface area contributed by atoms with Gasteiger partial charge in [0.25, 0.3) is 0 Å². The third-order valence-electron chi connectivity index (χ3n) is 2.87. The van der Waals surface area contributed by atoms with Crippen LogP contribution in [0, 0.1) is 5.41 Å². The van der Waals surface area contributed by atoms with Crippen molar-refractivity contribution in [1.29, 1.82) is 5.41 Å². The highest BCUT2D eigenvalue weighted by molar-refractivity contribution is 7.10. The second-order valence-corrected chi connectivity index (χ2v) is 6.73. The molecule has 1 saturated carbocycles. The second-order valence-electron chi connectivity index (χ2n) is 5.82. The fraction of sp³-hybridized carbons (Fsp3) is 0.538. The second kappa shape index (κ2) is 4.52. The number of hydrogen-bond donors (Lipinski definition) is 3. The summed E-state index contributed by atoms with van der Waals surface area (Å²) in [6.45, 7) is 5.52. The molecule has 0 bridgehead atoms. The van der Waals surface area contributed by atoms with E-state index >= 15 is 0 Å². The number of nitrogens with two attached hydrogens (primary N) is 1. The predicted octanol–water partition coefficient (Wildman–Crippen LogP) is 2.55. The van der Waals surface area contributed by atoms with Crippen LogP contribution in [-0.4, -0.2) is 17.5 Å². The van der Waals surface area contributed by atoms with Crippen LogP contribution in [-0.2, 0) is 10.3 Å². The number of alkyl carbamates (subject to hydrolysis) is 1. The van der Waals surface area contributed by atoms with Gasteiger partial charge in [-0.1, -0.05) is 0 Å². The molecule has 2 rings (SSSR count). The molecule has 1 aromatic rings. The first kappa shape index (κ1) is 13.9. The minimum Gasteiger partial charge on any atom is -0.444 e. The summed E-state index contributed by atoms with van der Waals surface area (Å²) in [5, 5.41) is 12.2. The Balaban J connectivity index is 2.06. The molecular weight excluding hydrogens is 262 g/mol. The van der Waals surface area contributed by atoms with Gasteiger partial charge in [-0.2, -0.15) is 0 Å². The molecule has 0 atom stereocenters. The summed E-state index contributed by atoms with van der Waals surface area (Å²) in [5.74, 6) is 0.0515. The minimum absolute atomic E-state index is 0.0515. The fourth-order valence-electron chi connectivity index (χ4n) is 1.79. The van der Waals surface area contributed by atoms with E-state index in [9.17, 15) is 4.79 Å². The van der Waals surface area contributed by atoms with E-state index in [0.717, 1.165) is 17.7 Å². The number of amidine groups is 1. The molecule has 19 heavy (non-hydrogen) atoms. The molecule has 0 aromatic carbocycles. The minimum atomic E-state index is -0.500. The van der Waals surface area contributed by atoms with Gasteiger partial charge < -0.3 is 15.8 Å². The van der Waals surface area contributed by atoms with E-state index in [2.05, 4.69) is 5.32 Å². The summed E-state index contributed by atoms with van der Waals surface area (Å²) in [7, 11) is 0. The van der Waals surface area contributed by atoms with Crippen molar-refractivity contribution in [1.82, 2.24) is 5.32 Å². The zero-order valence-corrected chi connectivity index (χ0v) is 12.2. The first-order valence-corrected chi connectivity index (χ1v) is 7.04. The Hall–Kier alpha value is -1.56. The third kappa shape index (κ3) is 3.26. The number of thiophene rings is 1. The quantitative estimate of drug-likeness (QED) is 0.587. The maximum absolute atomic E-state index is 11.8. The van der Waals surface area contributed by atoms with Gasteiger partial charge in [-0.25, -0.2) is 4.79 Å². The lowest BCUT2D eigenvalue weighted by atomic mass is 10.2. The Morgan fingerprint density at radius 2 is 2.16 bits per heavy atom. The molecule has 1 heterocycles. The van der Waals surface area contributed by atoms with Gasteiger partial charge >= 0.3 is 6.09 Å². The van der Waals surface area contributed by atoms with E-state index in [1.54, 1.807) is 0 Å². The summed E-state index contributed by atoms with van der Waals surface area (Å²) in [5.41, 5.74) is 5.34. The highest BCUT2D eigenvalue weighted by Crippen LogP contribution is 2.48. The SMILES string of the molecule is CC(C)(C)OC(=O)NC1(c2cc(C(=N)N)cs2)CC1. The number of ether oxygens (including phenoxy) is 1. The summed E-state index contributed by atoms with van der Waals surface area (Å²) < 4.78 is 5.28. The molecule has 1 aliphatic rings. The Morgan fingerprint density at radius 1 is 1.53 bits per heavy atom. The highest BCUT2D eigenvalue weighted by atomic mass is 32.1. The van der Waals surface area contributed by atoms with Crippen LogP contribution in [0.4, 0.5) is 4.79 Å². The van der Waals surface area contributed by atoms with Crippen LogP contribution in [0.15, 0.2) is 11.4 Å². The Kier molecular flexibility index (Phi) is 3.30. The summed E-state index contributed by atoms with van der Waals surface area (Å²) >= 11 is 1.52. The van der Waals surface area contributed by atoms with Crippen LogP contribution < -0.4 is 11.1 Å². The normalized spacial score (nSPS) is 16.8. The molecule has 1 aliphatic carbocycles.